The first-order valence-corrected chi connectivity index (χ1v) is 13.4. The van der Waals surface area contributed by atoms with Crippen molar-refractivity contribution < 1.29 is 23.5 Å². The van der Waals surface area contributed by atoms with Crippen LogP contribution in [-0.2, 0) is 9.59 Å². The number of nitrogens with one attached hydrogen (secondary N) is 1. The zero-order chi connectivity index (χ0) is 27.4. The topological polar surface area (TPSA) is 92.6 Å². The SMILES string of the molecule is CCOc1ccc(NC(=O)C[C@H]2SC(N3N=C(c4ccc(OC)cc4)C[C@@H]3c3ccccc3F)=NC2=O)cc1. The first kappa shape index (κ1) is 26.4. The first-order chi connectivity index (χ1) is 18.9. The lowest BCUT2D eigenvalue weighted by Gasteiger charge is -2.23. The molecular formula is C29H27FN4O4S. The minimum atomic E-state index is -0.704. The van der Waals surface area contributed by atoms with Crippen LogP contribution in [0.4, 0.5) is 10.1 Å². The molecule has 2 aliphatic heterocycles. The standard InChI is InChI=1S/C29H27FN4O4S/c1-3-38-21-14-10-19(11-15-21)31-27(35)17-26-28(36)32-29(39-26)34-25(22-6-4-5-7-23(22)30)16-24(33-34)18-8-12-20(37-2)13-9-18/h4-15,25-26H,3,16-17H2,1-2H3,(H,31,35)/t25-,26-/m1/s1. The summed E-state index contributed by atoms with van der Waals surface area (Å²) in [5.74, 6) is 0.334. The second-order valence-corrected chi connectivity index (χ2v) is 10.1. The van der Waals surface area contributed by atoms with Crippen molar-refractivity contribution in [3.8, 4) is 11.5 Å². The normalized spacial score (nSPS) is 18.5. The number of aliphatic imine (C=N–C) groups is 1. The van der Waals surface area contributed by atoms with E-state index in [2.05, 4.69) is 10.3 Å². The zero-order valence-electron chi connectivity index (χ0n) is 21.5. The number of hydrogen-bond acceptors (Lipinski definition) is 7. The van der Waals surface area contributed by atoms with Crippen molar-refractivity contribution in [1.29, 1.82) is 0 Å². The van der Waals surface area contributed by atoms with E-state index < -0.39 is 17.2 Å². The van der Waals surface area contributed by atoms with Crippen LogP contribution in [0.15, 0.2) is 82.9 Å². The highest BCUT2D eigenvalue weighted by Gasteiger charge is 2.39. The van der Waals surface area contributed by atoms with Crippen molar-refractivity contribution in [3.63, 3.8) is 0 Å². The van der Waals surface area contributed by atoms with Crippen molar-refractivity contribution in [2.45, 2.75) is 31.1 Å². The monoisotopic (exact) mass is 546 g/mol. The van der Waals surface area contributed by atoms with Gasteiger partial charge in [-0.2, -0.15) is 10.1 Å². The molecule has 0 aliphatic carbocycles. The highest BCUT2D eigenvalue weighted by Crippen LogP contribution is 2.39. The Morgan fingerprint density at radius 2 is 1.79 bits per heavy atom. The first-order valence-electron chi connectivity index (χ1n) is 12.5. The van der Waals surface area contributed by atoms with Gasteiger partial charge in [0.2, 0.25) is 5.91 Å². The molecule has 0 fully saturated rings. The number of amidine groups is 1. The summed E-state index contributed by atoms with van der Waals surface area (Å²) in [6.45, 7) is 2.45. The molecule has 3 aromatic rings. The van der Waals surface area contributed by atoms with Crippen molar-refractivity contribution in [2.75, 3.05) is 19.0 Å². The van der Waals surface area contributed by atoms with Gasteiger partial charge in [0, 0.05) is 24.1 Å². The number of anilines is 1. The van der Waals surface area contributed by atoms with E-state index in [0.717, 1.165) is 11.3 Å². The number of methoxy groups -OCH3 is 1. The van der Waals surface area contributed by atoms with Gasteiger partial charge in [0.15, 0.2) is 5.17 Å². The molecule has 0 radical (unpaired) electrons. The number of nitrogens with zero attached hydrogens (tertiary/aromatic N) is 3. The molecule has 0 saturated carbocycles. The Bertz CT molecular complexity index is 1430. The molecule has 2 atom stereocenters. The maximum absolute atomic E-state index is 14.9. The Morgan fingerprint density at radius 1 is 1.08 bits per heavy atom. The van der Waals surface area contributed by atoms with Gasteiger partial charge in [0.25, 0.3) is 5.91 Å². The number of carbonyl (C=O) groups excluding carboxylic acids is 2. The van der Waals surface area contributed by atoms with E-state index in [9.17, 15) is 14.0 Å². The molecule has 0 spiro atoms. The number of benzene rings is 3. The number of hydrogen-bond donors (Lipinski definition) is 1. The molecule has 39 heavy (non-hydrogen) atoms. The van der Waals surface area contributed by atoms with Crippen molar-refractivity contribution in [1.82, 2.24) is 5.01 Å². The highest BCUT2D eigenvalue weighted by molar-refractivity contribution is 8.15. The zero-order valence-corrected chi connectivity index (χ0v) is 22.3. The number of thioether (sulfide) groups is 1. The third-order valence-corrected chi connectivity index (χ3v) is 7.48. The average molecular weight is 547 g/mol. The lowest BCUT2D eigenvalue weighted by atomic mass is 9.98. The maximum atomic E-state index is 14.9. The van der Waals surface area contributed by atoms with Gasteiger partial charge in [0.1, 0.15) is 22.6 Å². The summed E-state index contributed by atoms with van der Waals surface area (Å²) in [5.41, 5.74) is 2.66. The molecule has 2 amide bonds. The van der Waals surface area contributed by atoms with Crippen LogP contribution in [0.2, 0.25) is 0 Å². The number of carbonyl (C=O) groups is 2. The predicted octanol–water partition coefficient (Wildman–Crippen LogP) is 5.41. The molecule has 0 aromatic heterocycles. The minimum Gasteiger partial charge on any atom is -0.497 e. The maximum Gasteiger partial charge on any atom is 0.262 e. The average Bonchev–Trinajstić information content (AvgIpc) is 3.54. The van der Waals surface area contributed by atoms with Crippen molar-refractivity contribution >= 4 is 40.1 Å². The summed E-state index contributed by atoms with van der Waals surface area (Å²) in [4.78, 5) is 29.7. The Balaban J connectivity index is 1.32. The molecule has 0 saturated heterocycles. The lowest BCUT2D eigenvalue weighted by molar-refractivity contribution is -0.121. The molecule has 0 unspecified atom stereocenters. The Labute approximate surface area is 229 Å². The Morgan fingerprint density at radius 3 is 2.49 bits per heavy atom. The van der Waals surface area contributed by atoms with Gasteiger partial charge in [-0.25, -0.2) is 9.40 Å². The second-order valence-electron chi connectivity index (χ2n) is 8.91. The van der Waals surface area contributed by atoms with E-state index in [1.54, 1.807) is 54.6 Å². The van der Waals surface area contributed by atoms with E-state index in [-0.39, 0.29) is 18.1 Å². The second kappa shape index (κ2) is 11.7. The Kier molecular flexibility index (Phi) is 7.92. The van der Waals surface area contributed by atoms with E-state index in [4.69, 9.17) is 14.6 Å². The van der Waals surface area contributed by atoms with Gasteiger partial charge in [-0.1, -0.05) is 30.0 Å². The van der Waals surface area contributed by atoms with Gasteiger partial charge >= 0.3 is 0 Å². The fourth-order valence-corrected chi connectivity index (χ4v) is 5.48. The third-order valence-electron chi connectivity index (χ3n) is 6.34. The highest BCUT2D eigenvalue weighted by atomic mass is 32.2. The predicted molar refractivity (Wildman–Crippen MR) is 150 cm³/mol. The minimum absolute atomic E-state index is 0.0586. The molecule has 8 nitrogen and oxygen atoms in total. The molecule has 200 valence electrons. The Hall–Kier alpha value is -4.18. The lowest BCUT2D eigenvalue weighted by Crippen LogP contribution is -2.25. The largest absolute Gasteiger partial charge is 0.497 e. The van der Waals surface area contributed by atoms with Crippen LogP contribution in [0.25, 0.3) is 0 Å². The van der Waals surface area contributed by atoms with Crippen LogP contribution >= 0.6 is 11.8 Å². The molecule has 5 rings (SSSR count). The van der Waals surface area contributed by atoms with E-state index in [1.807, 2.05) is 31.2 Å². The van der Waals surface area contributed by atoms with E-state index in [1.165, 1.54) is 17.8 Å². The molecular weight excluding hydrogens is 519 g/mol. The third kappa shape index (κ3) is 5.96. The van der Waals surface area contributed by atoms with Gasteiger partial charge < -0.3 is 14.8 Å². The summed E-state index contributed by atoms with van der Waals surface area (Å²) < 4.78 is 25.5. The van der Waals surface area contributed by atoms with Crippen molar-refractivity contribution in [2.24, 2.45) is 10.1 Å². The number of halogens is 1. The van der Waals surface area contributed by atoms with Crippen LogP contribution < -0.4 is 14.8 Å². The number of hydrazone groups is 1. The van der Waals surface area contributed by atoms with Gasteiger partial charge in [-0.3, -0.25) is 9.59 Å². The molecule has 0 bridgehead atoms. The van der Waals surface area contributed by atoms with Crippen LogP contribution in [0.5, 0.6) is 11.5 Å². The quantitative estimate of drug-likeness (QED) is 0.406. The van der Waals surface area contributed by atoms with E-state index in [0.29, 0.717) is 40.9 Å². The van der Waals surface area contributed by atoms with Gasteiger partial charge in [0.05, 0.1) is 25.5 Å². The molecule has 2 aliphatic rings. The molecule has 10 heteroatoms. The number of amides is 2. The number of ether oxygens (including phenoxy) is 2. The smallest absolute Gasteiger partial charge is 0.262 e. The fraction of sp³-hybridized carbons (Fsp3) is 0.241. The van der Waals surface area contributed by atoms with Gasteiger partial charge in [-0.05, 0) is 67.1 Å². The fourth-order valence-electron chi connectivity index (χ4n) is 4.42. The molecule has 2 heterocycles. The van der Waals surface area contributed by atoms with Gasteiger partial charge in [-0.15, -0.1) is 0 Å². The summed E-state index contributed by atoms with van der Waals surface area (Å²) >= 11 is 1.17. The van der Waals surface area contributed by atoms with Crippen LogP contribution in [0.1, 0.15) is 36.9 Å². The molecule has 1 N–H and O–H groups in total. The van der Waals surface area contributed by atoms with Crippen LogP contribution in [-0.4, -0.2) is 46.7 Å². The van der Waals surface area contributed by atoms with Crippen LogP contribution in [0, 0.1) is 5.82 Å². The summed E-state index contributed by atoms with van der Waals surface area (Å²) in [6, 6.07) is 20.5. The number of rotatable bonds is 8. The van der Waals surface area contributed by atoms with Crippen LogP contribution in [0.3, 0.4) is 0 Å². The summed E-state index contributed by atoms with van der Waals surface area (Å²) in [6.07, 6.45) is 0.362. The summed E-state index contributed by atoms with van der Waals surface area (Å²) in [5, 5.41) is 8.81. The molecule has 3 aromatic carbocycles. The summed E-state index contributed by atoms with van der Waals surface area (Å²) in [7, 11) is 1.60. The van der Waals surface area contributed by atoms with Crippen molar-refractivity contribution in [3.05, 3.63) is 89.7 Å². The van der Waals surface area contributed by atoms with E-state index >= 15 is 0 Å².